The third-order valence-electron chi connectivity index (χ3n) is 5.21. The van der Waals surface area contributed by atoms with Gasteiger partial charge >= 0.3 is 0 Å². The molecule has 28 heavy (non-hydrogen) atoms. The van der Waals surface area contributed by atoms with Gasteiger partial charge in [-0.25, -0.2) is 0 Å². The first kappa shape index (κ1) is 20.2. The fraction of sp³-hybridized carbons (Fsp3) is 0.435. The number of guanidine groups is 1. The first-order valence-corrected chi connectivity index (χ1v) is 10.0. The molecule has 0 radical (unpaired) electrons. The second-order valence-electron chi connectivity index (χ2n) is 7.05. The van der Waals surface area contributed by atoms with Crippen molar-refractivity contribution in [3.8, 4) is 5.75 Å². The molecule has 1 aliphatic heterocycles. The van der Waals surface area contributed by atoms with E-state index in [9.17, 15) is 0 Å². The number of hydrogen-bond acceptors (Lipinski definition) is 3. The van der Waals surface area contributed by atoms with Crippen LogP contribution in [0.1, 0.15) is 30.1 Å². The molecule has 2 unspecified atom stereocenters. The topological polar surface area (TPSA) is 54.9 Å². The molecule has 0 saturated carbocycles. The van der Waals surface area contributed by atoms with Crippen LogP contribution in [0.2, 0.25) is 0 Å². The summed E-state index contributed by atoms with van der Waals surface area (Å²) in [5.41, 5.74) is 2.45. The Bertz CT molecular complexity index is 749. The minimum Gasteiger partial charge on any atom is -0.496 e. The molecule has 0 aromatic heterocycles. The van der Waals surface area contributed by atoms with Crippen molar-refractivity contribution >= 4 is 5.96 Å². The van der Waals surface area contributed by atoms with E-state index in [-0.39, 0.29) is 6.10 Å². The van der Waals surface area contributed by atoms with E-state index < -0.39 is 0 Å². The monoisotopic (exact) mass is 381 g/mol. The van der Waals surface area contributed by atoms with Crippen molar-refractivity contribution in [2.24, 2.45) is 10.9 Å². The van der Waals surface area contributed by atoms with Gasteiger partial charge in [0.1, 0.15) is 5.75 Å². The summed E-state index contributed by atoms with van der Waals surface area (Å²) in [6.45, 7) is 2.47. The summed E-state index contributed by atoms with van der Waals surface area (Å²) in [6.07, 6.45) is 3.29. The Morgan fingerprint density at radius 3 is 2.68 bits per heavy atom. The van der Waals surface area contributed by atoms with Gasteiger partial charge in [-0.2, -0.15) is 0 Å². The maximum atomic E-state index is 6.09. The molecule has 2 atom stereocenters. The zero-order valence-electron chi connectivity index (χ0n) is 16.9. The van der Waals surface area contributed by atoms with Crippen molar-refractivity contribution in [3.63, 3.8) is 0 Å². The molecule has 2 N–H and O–H groups in total. The lowest BCUT2D eigenvalue weighted by Crippen LogP contribution is -2.42. The molecule has 5 nitrogen and oxygen atoms in total. The van der Waals surface area contributed by atoms with E-state index in [0.717, 1.165) is 50.7 Å². The number of benzene rings is 2. The number of hydrogen-bond donors (Lipinski definition) is 2. The molecule has 1 fully saturated rings. The highest BCUT2D eigenvalue weighted by atomic mass is 16.5. The summed E-state index contributed by atoms with van der Waals surface area (Å²) in [6, 6.07) is 18.6. The summed E-state index contributed by atoms with van der Waals surface area (Å²) in [5.74, 6) is 2.19. The van der Waals surface area contributed by atoms with Gasteiger partial charge in [-0.3, -0.25) is 4.99 Å². The van der Waals surface area contributed by atoms with Gasteiger partial charge in [-0.1, -0.05) is 48.5 Å². The van der Waals surface area contributed by atoms with E-state index in [2.05, 4.69) is 46.0 Å². The fourth-order valence-electron chi connectivity index (χ4n) is 3.74. The molecule has 3 rings (SSSR count). The molecule has 0 spiro atoms. The summed E-state index contributed by atoms with van der Waals surface area (Å²) in [5, 5.41) is 6.89. The predicted octanol–water partition coefficient (Wildman–Crippen LogP) is 3.57. The van der Waals surface area contributed by atoms with Crippen LogP contribution in [0, 0.1) is 5.92 Å². The molecule has 150 valence electrons. The number of para-hydroxylation sites is 1. The molecule has 5 heteroatoms. The lowest BCUT2D eigenvalue weighted by Gasteiger charge is -2.32. The molecule has 0 aliphatic carbocycles. The average Bonchev–Trinajstić information content (AvgIpc) is 2.77. The van der Waals surface area contributed by atoms with Crippen molar-refractivity contribution in [1.82, 2.24) is 10.6 Å². The van der Waals surface area contributed by atoms with Gasteiger partial charge in [0.05, 0.1) is 13.2 Å². The van der Waals surface area contributed by atoms with Crippen LogP contribution >= 0.6 is 0 Å². The van der Waals surface area contributed by atoms with Crippen LogP contribution < -0.4 is 15.4 Å². The van der Waals surface area contributed by atoms with Crippen LogP contribution in [-0.2, 0) is 11.2 Å². The first-order chi connectivity index (χ1) is 13.8. The molecular formula is C23H31N3O2. The van der Waals surface area contributed by atoms with Gasteiger partial charge in [-0.05, 0) is 36.5 Å². The Morgan fingerprint density at radius 2 is 1.89 bits per heavy atom. The second kappa shape index (κ2) is 10.7. The lowest BCUT2D eigenvalue weighted by molar-refractivity contribution is -0.0265. The van der Waals surface area contributed by atoms with E-state index >= 15 is 0 Å². The summed E-state index contributed by atoms with van der Waals surface area (Å²) in [4.78, 5) is 4.37. The summed E-state index contributed by atoms with van der Waals surface area (Å²) in [7, 11) is 3.52. The smallest absolute Gasteiger partial charge is 0.190 e. The first-order valence-electron chi connectivity index (χ1n) is 10.0. The zero-order valence-corrected chi connectivity index (χ0v) is 16.9. The molecular weight excluding hydrogens is 350 g/mol. The number of aliphatic imine (C=N–C) groups is 1. The molecule has 2 aromatic rings. The van der Waals surface area contributed by atoms with Crippen LogP contribution in [0.3, 0.4) is 0 Å². The van der Waals surface area contributed by atoms with Crippen molar-refractivity contribution in [2.45, 2.75) is 25.4 Å². The number of ether oxygens (including phenoxy) is 2. The summed E-state index contributed by atoms with van der Waals surface area (Å²) < 4.78 is 11.5. The van der Waals surface area contributed by atoms with Gasteiger partial charge in [0, 0.05) is 32.7 Å². The van der Waals surface area contributed by atoms with Crippen LogP contribution in [-0.4, -0.2) is 39.8 Å². The quantitative estimate of drug-likeness (QED) is 0.569. The minimum absolute atomic E-state index is 0.147. The van der Waals surface area contributed by atoms with E-state index in [1.54, 1.807) is 7.11 Å². The van der Waals surface area contributed by atoms with Crippen LogP contribution in [0.4, 0.5) is 0 Å². The van der Waals surface area contributed by atoms with Crippen LogP contribution in [0.5, 0.6) is 5.75 Å². The maximum Gasteiger partial charge on any atom is 0.190 e. The van der Waals surface area contributed by atoms with Gasteiger partial charge in [0.25, 0.3) is 0 Å². The van der Waals surface area contributed by atoms with Crippen LogP contribution in [0.25, 0.3) is 0 Å². The molecule has 0 bridgehead atoms. The highest BCUT2D eigenvalue weighted by Gasteiger charge is 2.27. The van der Waals surface area contributed by atoms with E-state index in [0.29, 0.717) is 5.92 Å². The number of nitrogens with zero attached hydrogens (tertiary/aromatic N) is 1. The van der Waals surface area contributed by atoms with E-state index in [4.69, 9.17) is 9.47 Å². The molecule has 2 aromatic carbocycles. The van der Waals surface area contributed by atoms with E-state index in [1.165, 1.54) is 11.1 Å². The SMILES string of the molecule is CN=C(NCCc1ccccc1OC)NCC1CCCOC1c1ccccc1. The molecule has 1 saturated heterocycles. The highest BCUT2D eigenvalue weighted by Crippen LogP contribution is 2.33. The molecule has 0 amide bonds. The van der Waals surface area contributed by atoms with Gasteiger partial charge in [0.2, 0.25) is 0 Å². The van der Waals surface area contributed by atoms with Gasteiger partial charge < -0.3 is 20.1 Å². The fourth-order valence-corrected chi connectivity index (χ4v) is 3.74. The maximum absolute atomic E-state index is 6.09. The Hall–Kier alpha value is -2.53. The normalized spacial score (nSPS) is 19.9. The minimum atomic E-state index is 0.147. The Balaban J connectivity index is 1.50. The zero-order chi connectivity index (χ0) is 19.6. The van der Waals surface area contributed by atoms with E-state index in [1.807, 2.05) is 31.3 Å². The third kappa shape index (κ3) is 5.49. The van der Waals surface area contributed by atoms with Crippen molar-refractivity contribution in [3.05, 3.63) is 65.7 Å². The molecule has 1 aliphatic rings. The number of methoxy groups -OCH3 is 1. The predicted molar refractivity (Wildman–Crippen MR) is 114 cm³/mol. The van der Waals surface area contributed by atoms with Crippen molar-refractivity contribution in [1.29, 1.82) is 0 Å². The third-order valence-corrected chi connectivity index (χ3v) is 5.21. The van der Waals surface area contributed by atoms with Gasteiger partial charge in [-0.15, -0.1) is 0 Å². The Kier molecular flexibility index (Phi) is 7.73. The molecule has 1 heterocycles. The van der Waals surface area contributed by atoms with Crippen molar-refractivity contribution in [2.75, 3.05) is 33.9 Å². The Labute approximate surface area is 168 Å². The second-order valence-corrected chi connectivity index (χ2v) is 7.05. The number of rotatable bonds is 7. The van der Waals surface area contributed by atoms with Crippen molar-refractivity contribution < 1.29 is 9.47 Å². The standard InChI is InChI=1S/C23H31N3O2/c1-24-23(25-15-14-18-9-6-7-13-21(18)27-2)26-17-20-12-8-16-28-22(20)19-10-4-3-5-11-19/h3-7,9-11,13,20,22H,8,12,14-17H2,1-2H3,(H2,24,25,26). The largest absolute Gasteiger partial charge is 0.496 e. The lowest BCUT2D eigenvalue weighted by atomic mass is 9.89. The average molecular weight is 382 g/mol. The van der Waals surface area contributed by atoms with Gasteiger partial charge in [0.15, 0.2) is 5.96 Å². The number of nitrogens with one attached hydrogen (secondary N) is 2. The highest BCUT2D eigenvalue weighted by molar-refractivity contribution is 5.79. The Morgan fingerprint density at radius 1 is 1.11 bits per heavy atom. The van der Waals surface area contributed by atoms with Crippen LogP contribution in [0.15, 0.2) is 59.6 Å². The summed E-state index contributed by atoms with van der Waals surface area (Å²) >= 11 is 0.